The van der Waals surface area contributed by atoms with Crippen LogP contribution in [0.1, 0.15) is 16.5 Å². The zero-order valence-corrected chi connectivity index (χ0v) is 19.5. The lowest BCUT2D eigenvalue weighted by molar-refractivity contribution is -0.121. The Balaban J connectivity index is 1.36. The van der Waals surface area contributed by atoms with Gasteiger partial charge in [-0.15, -0.1) is 11.8 Å². The second kappa shape index (κ2) is 10.6. The first-order valence-electron chi connectivity index (χ1n) is 10.7. The van der Waals surface area contributed by atoms with E-state index < -0.39 is 0 Å². The Morgan fingerprint density at radius 3 is 2.39 bits per heavy atom. The highest BCUT2D eigenvalue weighted by Gasteiger charge is 2.34. The van der Waals surface area contributed by atoms with Gasteiger partial charge in [-0.25, -0.2) is 0 Å². The van der Waals surface area contributed by atoms with E-state index in [1.165, 1.54) is 0 Å². The summed E-state index contributed by atoms with van der Waals surface area (Å²) < 4.78 is 5.49. The summed E-state index contributed by atoms with van der Waals surface area (Å²) in [6, 6.07) is 25.4. The van der Waals surface area contributed by atoms with Crippen molar-refractivity contribution in [3.63, 3.8) is 0 Å². The fraction of sp³-hybridized carbons (Fsp3) is 0.231. The van der Waals surface area contributed by atoms with Crippen molar-refractivity contribution < 1.29 is 14.3 Å². The van der Waals surface area contributed by atoms with E-state index in [9.17, 15) is 9.59 Å². The summed E-state index contributed by atoms with van der Waals surface area (Å²) in [5.41, 5.74) is 4.71. The zero-order valence-electron chi connectivity index (χ0n) is 18.7. The van der Waals surface area contributed by atoms with E-state index in [4.69, 9.17) is 4.74 Å². The van der Waals surface area contributed by atoms with Crippen molar-refractivity contribution in [2.24, 2.45) is 0 Å². The number of rotatable bonds is 8. The molecule has 3 aromatic carbocycles. The molecule has 33 heavy (non-hydrogen) atoms. The lowest BCUT2D eigenvalue weighted by atomic mass is 10.1. The van der Waals surface area contributed by atoms with E-state index in [1.807, 2.05) is 103 Å². The molecule has 170 valence electrons. The highest BCUT2D eigenvalue weighted by atomic mass is 32.2. The standard InChI is InChI=1S/C26H27N3O3S/c1-28(2)22-12-14-23(15-13-22)29-25(31)18-33-26(29)20-8-10-21(11-9-20)27-24(30)17-32-16-19-6-4-3-5-7-19/h3-15,26H,16-18H2,1-2H3,(H,27,30)/t26-/m1/s1. The molecule has 1 N–H and O–H groups in total. The molecule has 1 aliphatic heterocycles. The van der Waals surface area contributed by atoms with Crippen molar-refractivity contribution >= 4 is 40.6 Å². The number of anilines is 3. The molecule has 3 aromatic rings. The second-order valence-corrected chi connectivity index (χ2v) is 9.06. The van der Waals surface area contributed by atoms with E-state index in [-0.39, 0.29) is 23.8 Å². The maximum atomic E-state index is 12.6. The molecule has 2 amide bonds. The van der Waals surface area contributed by atoms with Crippen molar-refractivity contribution in [1.29, 1.82) is 0 Å². The van der Waals surface area contributed by atoms with Crippen LogP contribution in [0, 0.1) is 0 Å². The number of benzene rings is 3. The van der Waals surface area contributed by atoms with Crippen LogP contribution in [0.15, 0.2) is 78.9 Å². The summed E-state index contributed by atoms with van der Waals surface area (Å²) in [5, 5.41) is 2.76. The number of thioether (sulfide) groups is 1. The fourth-order valence-corrected chi connectivity index (χ4v) is 4.80. The first-order valence-corrected chi connectivity index (χ1v) is 11.8. The molecule has 0 aromatic heterocycles. The monoisotopic (exact) mass is 461 g/mol. The number of nitrogens with zero attached hydrogens (tertiary/aromatic N) is 2. The summed E-state index contributed by atoms with van der Waals surface area (Å²) in [6.45, 7) is 0.381. The number of hydrogen-bond acceptors (Lipinski definition) is 5. The van der Waals surface area contributed by atoms with Crippen LogP contribution in [0.5, 0.6) is 0 Å². The van der Waals surface area contributed by atoms with Crippen LogP contribution < -0.4 is 15.1 Å². The van der Waals surface area contributed by atoms with Gasteiger partial charge in [0.25, 0.3) is 0 Å². The minimum Gasteiger partial charge on any atom is -0.378 e. The fourth-order valence-electron chi connectivity index (χ4n) is 3.63. The molecule has 1 atom stereocenters. The molecular weight excluding hydrogens is 434 g/mol. The predicted octanol–water partition coefficient (Wildman–Crippen LogP) is 4.69. The van der Waals surface area contributed by atoms with E-state index in [0.29, 0.717) is 18.0 Å². The van der Waals surface area contributed by atoms with Gasteiger partial charge in [0.05, 0.1) is 12.4 Å². The molecule has 1 fully saturated rings. The minimum absolute atomic E-state index is 0.0135. The molecule has 7 heteroatoms. The topological polar surface area (TPSA) is 61.9 Å². The van der Waals surface area contributed by atoms with Crippen molar-refractivity contribution in [2.45, 2.75) is 12.0 Å². The Morgan fingerprint density at radius 2 is 1.73 bits per heavy atom. The Labute approximate surface area is 198 Å². The first-order chi connectivity index (χ1) is 16.0. The summed E-state index contributed by atoms with van der Waals surface area (Å²) in [6.07, 6.45) is 0. The third-order valence-electron chi connectivity index (χ3n) is 5.34. The van der Waals surface area contributed by atoms with Crippen molar-refractivity contribution in [3.8, 4) is 0 Å². The Bertz CT molecular complexity index is 1090. The molecule has 0 unspecified atom stereocenters. The minimum atomic E-state index is -0.202. The van der Waals surface area contributed by atoms with E-state index >= 15 is 0 Å². The molecule has 0 bridgehead atoms. The Morgan fingerprint density at radius 1 is 1.03 bits per heavy atom. The van der Waals surface area contributed by atoms with Crippen LogP contribution in [-0.2, 0) is 20.9 Å². The van der Waals surface area contributed by atoms with Crippen molar-refractivity contribution in [2.75, 3.05) is 41.6 Å². The van der Waals surface area contributed by atoms with Crippen molar-refractivity contribution in [3.05, 3.63) is 90.0 Å². The van der Waals surface area contributed by atoms with Crippen LogP contribution in [-0.4, -0.2) is 38.3 Å². The van der Waals surface area contributed by atoms with E-state index in [0.717, 1.165) is 22.5 Å². The van der Waals surface area contributed by atoms with Gasteiger partial charge in [-0.05, 0) is 47.5 Å². The highest BCUT2D eigenvalue weighted by molar-refractivity contribution is 8.00. The summed E-state index contributed by atoms with van der Waals surface area (Å²) >= 11 is 1.60. The number of ether oxygens (including phenoxy) is 1. The number of amides is 2. The van der Waals surface area contributed by atoms with Gasteiger partial charge in [-0.3, -0.25) is 14.5 Å². The van der Waals surface area contributed by atoms with Gasteiger partial charge < -0.3 is 15.0 Å². The summed E-state index contributed by atoms with van der Waals surface area (Å²) in [5.74, 6) is 0.333. The summed E-state index contributed by atoms with van der Waals surface area (Å²) in [7, 11) is 3.98. The van der Waals surface area contributed by atoms with Gasteiger partial charge in [0, 0.05) is 31.2 Å². The average molecular weight is 462 g/mol. The first kappa shape index (κ1) is 22.9. The zero-order chi connectivity index (χ0) is 23.2. The molecule has 1 heterocycles. The lowest BCUT2D eigenvalue weighted by Crippen LogP contribution is -2.27. The molecule has 6 nitrogen and oxygen atoms in total. The normalized spacial score (nSPS) is 15.5. The molecule has 0 saturated carbocycles. The second-order valence-electron chi connectivity index (χ2n) is 7.99. The third-order valence-corrected chi connectivity index (χ3v) is 6.55. The molecule has 0 spiro atoms. The largest absolute Gasteiger partial charge is 0.378 e. The molecule has 0 aliphatic carbocycles. The Kier molecular flexibility index (Phi) is 7.32. The summed E-state index contributed by atoms with van der Waals surface area (Å²) in [4.78, 5) is 28.7. The number of carbonyl (C=O) groups is 2. The van der Waals surface area contributed by atoms with Crippen LogP contribution in [0.2, 0.25) is 0 Å². The average Bonchev–Trinajstić information content (AvgIpc) is 3.21. The van der Waals surface area contributed by atoms with Crippen LogP contribution in [0.3, 0.4) is 0 Å². The quantitative estimate of drug-likeness (QED) is 0.528. The van der Waals surface area contributed by atoms with E-state index in [2.05, 4.69) is 5.32 Å². The Hall–Kier alpha value is -3.29. The van der Waals surface area contributed by atoms with Crippen LogP contribution in [0.4, 0.5) is 17.1 Å². The van der Waals surface area contributed by atoms with Gasteiger partial charge >= 0.3 is 0 Å². The van der Waals surface area contributed by atoms with Gasteiger partial charge in [-0.2, -0.15) is 0 Å². The number of carbonyl (C=O) groups excluding carboxylic acids is 2. The smallest absolute Gasteiger partial charge is 0.250 e. The van der Waals surface area contributed by atoms with E-state index in [1.54, 1.807) is 11.8 Å². The van der Waals surface area contributed by atoms with Crippen LogP contribution >= 0.6 is 11.8 Å². The molecule has 4 rings (SSSR count). The van der Waals surface area contributed by atoms with Gasteiger partial charge in [0.15, 0.2) is 0 Å². The molecule has 0 radical (unpaired) electrons. The lowest BCUT2D eigenvalue weighted by Gasteiger charge is -2.25. The number of hydrogen-bond donors (Lipinski definition) is 1. The third kappa shape index (κ3) is 5.74. The molecule has 1 saturated heterocycles. The predicted molar refractivity (Wildman–Crippen MR) is 135 cm³/mol. The maximum Gasteiger partial charge on any atom is 0.250 e. The van der Waals surface area contributed by atoms with Crippen molar-refractivity contribution in [1.82, 2.24) is 0 Å². The maximum absolute atomic E-state index is 12.6. The van der Waals surface area contributed by atoms with Crippen LogP contribution in [0.25, 0.3) is 0 Å². The molecule has 1 aliphatic rings. The van der Waals surface area contributed by atoms with Gasteiger partial charge in [0.1, 0.15) is 12.0 Å². The van der Waals surface area contributed by atoms with Gasteiger partial charge in [0.2, 0.25) is 11.8 Å². The highest BCUT2D eigenvalue weighted by Crippen LogP contribution is 2.42. The number of nitrogens with one attached hydrogen (secondary N) is 1. The SMILES string of the molecule is CN(C)c1ccc(N2C(=O)CS[C@@H]2c2ccc(NC(=O)COCc3ccccc3)cc2)cc1. The molecular formula is C26H27N3O3S. The van der Waals surface area contributed by atoms with Gasteiger partial charge in [-0.1, -0.05) is 42.5 Å².